The normalized spacial score (nSPS) is 15.0. The Balaban J connectivity index is 1.43. The Morgan fingerprint density at radius 1 is 1.00 bits per heavy atom. The topological polar surface area (TPSA) is 21.3 Å². The molecular weight excluding hydrogens is 289 g/mol. The van der Waals surface area contributed by atoms with E-state index in [2.05, 4.69) is 17.4 Å². The molecule has 0 atom stereocenters. The van der Waals surface area contributed by atoms with Gasteiger partial charge in [0.15, 0.2) is 0 Å². The Labute approximate surface area is 137 Å². The number of nitrogens with one attached hydrogen (secondary N) is 1. The van der Waals surface area contributed by atoms with Crippen LogP contribution in [0.3, 0.4) is 0 Å². The summed E-state index contributed by atoms with van der Waals surface area (Å²) in [7, 11) is 0. The van der Waals surface area contributed by atoms with E-state index in [1.807, 2.05) is 18.2 Å². The zero-order valence-electron chi connectivity index (χ0n) is 13.4. The Morgan fingerprint density at radius 2 is 1.74 bits per heavy atom. The van der Waals surface area contributed by atoms with Gasteiger partial charge < -0.3 is 10.1 Å². The second kappa shape index (κ2) is 8.11. The molecule has 1 aliphatic carbocycles. The van der Waals surface area contributed by atoms with Crippen molar-refractivity contribution in [1.29, 1.82) is 0 Å². The summed E-state index contributed by atoms with van der Waals surface area (Å²) >= 11 is 0. The summed E-state index contributed by atoms with van der Waals surface area (Å²) in [5, 5.41) is 3.61. The minimum atomic E-state index is -0.163. The van der Waals surface area contributed by atoms with E-state index in [4.69, 9.17) is 4.74 Å². The molecule has 2 aromatic rings. The molecule has 0 bridgehead atoms. The summed E-state index contributed by atoms with van der Waals surface area (Å²) in [5.74, 6) is 0.676. The van der Waals surface area contributed by atoms with Crippen molar-refractivity contribution >= 4 is 0 Å². The molecule has 3 rings (SSSR count). The number of hydrogen-bond acceptors (Lipinski definition) is 2. The number of halogens is 1. The molecule has 1 aliphatic rings. The van der Waals surface area contributed by atoms with E-state index in [1.165, 1.54) is 37.3 Å². The zero-order chi connectivity index (χ0) is 15.9. The van der Waals surface area contributed by atoms with Crippen LogP contribution in [0.4, 0.5) is 4.39 Å². The Morgan fingerprint density at radius 3 is 2.48 bits per heavy atom. The first-order chi connectivity index (χ1) is 11.3. The SMILES string of the molecule is Fc1ccccc1CCOc1ccc(CNC2CCCC2)cc1. The lowest BCUT2D eigenvalue weighted by atomic mass is 10.1. The summed E-state index contributed by atoms with van der Waals surface area (Å²) in [5.41, 5.74) is 1.98. The molecule has 0 aliphatic heterocycles. The van der Waals surface area contributed by atoms with Crippen LogP contribution in [0.2, 0.25) is 0 Å². The van der Waals surface area contributed by atoms with E-state index < -0.39 is 0 Å². The maximum atomic E-state index is 13.5. The van der Waals surface area contributed by atoms with Gasteiger partial charge in [-0.1, -0.05) is 43.2 Å². The molecule has 0 radical (unpaired) electrons. The van der Waals surface area contributed by atoms with Crippen LogP contribution < -0.4 is 10.1 Å². The van der Waals surface area contributed by atoms with Gasteiger partial charge in [0.05, 0.1) is 6.61 Å². The second-order valence-corrected chi connectivity index (χ2v) is 6.20. The Bertz CT molecular complexity index is 605. The third kappa shape index (κ3) is 4.80. The number of benzene rings is 2. The second-order valence-electron chi connectivity index (χ2n) is 6.20. The fourth-order valence-electron chi connectivity index (χ4n) is 3.08. The van der Waals surface area contributed by atoms with Gasteiger partial charge in [-0.3, -0.25) is 0 Å². The first kappa shape index (κ1) is 16.0. The van der Waals surface area contributed by atoms with Crippen molar-refractivity contribution in [3.05, 3.63) is 65.5 Å². The summed E-state index contributed by atoms with van der Waals surface area (Å²) in [6.45, 7) is 1.40. The number of rotatable bonds is 7. The van der Waals surface area contributed by atoms with Gasteiger partial charge in [0.2, 0.25) is 0 Å². The highest BCUT2D eigenvalue weighted by molar-refractivity contribution is 5.27. The predicted octanol–water partition coefficient (Wildman–Crippen LogP) is 4.48. The van der Waals surface area contributed by atoms with Crippen molar-refractivity contribution < 1.29 is 9.13 Å². The smallest absolute Gasteiger partial charge is 0.126 e. The average molecular weight is 313 g/mol. The molecule has 122 valence electrons. The summed E-state index contributed by atoms with van der Waals surface area (Å²) < 4.78 is 19.2. The van der Waals surface area contributed by atoms with Gasteiger partial charge in [0, 0.05) is 19.0 Å². The van der Waals surface area contributed by atoms with E-state index in [1.54, 1.807) is 12.1 Å². The number of ether oxygens (including phenoxy) is 1. The standard InChI is InChI=1S/C20H24FNO/c21-20-8-4-1-5-17(20)13-14-23-19-11-9-16(10-12-19)15-22-18-6-2-3-7-18/h1,4-5,8-12,18,22H,2-3,6-7,13-15H2. The zero-order valence-corrected chi connectivity index (χ0v) is 13.4. The summed E-state index contributed by atoms with van der Waals surface area (Å²) in [4.78, 5) is 0. The molecular formula is C20H24FNO. The maximum Gasteiger partial charge on any atom is 0.126 e. The highest BCUT2D eigenvalue weighted by Crippen LogP contribution is 2.19. The van der Waals surface area contributed by atoms with Crippen LogP contribution in [0.5, 0.6) is 5.75 Å². The van der Waals surface area contributed by atoms with E-state index in [9.17, 15) is 4.39 Å². The molecule has 2 nitrogen and oxygen atoms in total. The first-order valence-electron chi connectivity index (χ1n) is 8.50. The van der Waals surface area contributed by atoms with Crippen LogP contribution in [-0.4, -0.2) is 12.6 Å². The fraction of sp³-hybridized carbons (Fsp3) is 0.400. The van der Waals surface area contributed by atoms with Gasteiger partial charge in [0.25, 0.3) is 0 Å². The third-order valence-corrected chi connectivity index (χ3v) is 4.47. The minimum Gasteiger partial charge on any atom is -0.493 e. The minimum absolute atomic E-state index is 0.163. The third-order valence-electron chi connectivity index (χ3n) is 4.47. The van der Waals surface area contributed by atoms with Crippen molar-refractivity contribution in [1.82, 2.24) is 5.32 Å². The van der Waals surface area contributed by atoms with E-state index >= 15 is 0 Å². The van der Waals surface area contributed by atoms with Gasteiger partial charge in [-0.05, 0) is 42.2 Å². The van der Waals surface area contributed by atoms with E-state index in [0.717, 1.165) is 12.3 Å². The largest absolute Gasteiger partial charge is 0.493 e. The molecule has 1 N–H and O–H groups in total. The highest BCUT2D eigenvalue weighted by Gasteiger charge is 2.13. The molecule has 0 spiro atoms. The van der Waals surface area contributed by atoms with Crippen LogP contribution in [0.25, 0.3) is 0 Å². The highest BCUT2D eigenvalue weighted by atomic mass is 19.1. The van der Waals surface area contributed by atoms with Crippen molar-refractivity contribution in [2.24, 2.45) is 0 Å². The van der Waals surface area contributed by atoms with Crippen LogP contribution in [-0.2, 0) is 13.0 Å². The van der Waals surface area contributed by atoms with Crippen LogP contribution in [0.1, 0.15) is 36.8 Å². The number of hydrogen-bond donors (Lipinski definition) is 1. The monoisotopic (exact) mass is 313 g/mol. The lowest BCUT2D eigenvalue weighted by molar-refractivity contribution is 0.320. The molecule has 0 amide bonds. The van der Waals surface area contributed by atoms with Gasteiger partial charge >= 0.3 is 0 Å². The Hall–Kier alpha value is -1.87. The lowest BCUT2D eigenvalue weighted by Gasteiger charge is -2.12. The average Bonchev–Trinajstić information content (AvgIpc) is 3.09. The maximum absolute atomic E-state index is 13.5. The van der Waals surface area contributed by atoms with E-state index in [-0.39, 0.29) is 5.82 Å². The van der Waals surface area contributed by atoms with Crippen molar-refractivity contribution in [3.8, 4) is 5.75 Å². The molecule has 23 heavy (non-hydrogen) atoms. The van der Waals surface area contributed by atoms with Crippen molar-refractivity contribution in [2.75, 3.05) is 6.61 Å². The fourth-order valence-corrected chi connectivity index (χ4v) is 3.08. The van der Waals surface area contributed by atoms with Gasteiger partial charge in [-0.2, -0.15) is 0 Å². The molecule has 3 heteroatoms. The quantitative estimate of drug-likeness (QED) is 0.814. The lowest BCUT2D eigenvalue weighted by Crippen LogP contribution is -2.25. The molecule has 0 unspecified atom stereocenters. The summed E-state index contributed by atoms with van der Waals surface area (Å²) in [6.07, 6.45) is 5.89. The predicted molar refractivity (Wildman–Crippen MR) is 91.1 cm³/mol. The molecule has 1 fully saturated rings. The molecule has 1 saturated carbocycles. The van der Waals surface area contributed by atoms with Crippen molar-refractivity contribution in [3.63, 3.8) is 0 Å². The molecule has 0 heterocycles. The summed E-state index contributed by atoms with van der Waals surface area (Å²) in [6, 6.07) is 15.7. The molecule has 0 aromatic heterocycles. The first-order valence-corrected chi connectivity index (χ1v) is 8.50. The van der Waals surface area contributed by atoms with Gasteiger partial charge in [-0.25, -0.2) is 4.39 Å². The van der Waals surface area contributed by atoms with Gasteiger partial charge in [-0.15, -0.1) is 0 Å². The van der Waals surface area contributed by atoms with Crippen LogP contribution in [0.15, 0.2) is 48.5 Å². The van der Waals surface area contributed by atoms with Crippen LogP contribution in [0, 0.1) is 5.82 Å². The van der Waals surface area contributed by atoms with E-state index in [0.29, 0.717) is 24.6 Å². The van der Waals surface area contributed by atoms with Crippen molar-refractivity contribution in [2.45, 2.75) is 44.7 Å². The van der Waals surface area contributed by atoms with Gasteiger partial charge in [0.1, 0.15) is 11.6 Å². The molecule has 2 aromatic carbocycles. The molecule has 0 saturated heterocycles. The van der Waals surface area contributed by atoms with Crippen LogP contribution >= 0.6 is 0 Å². The Kier molecular flexibility index (Phi) is 5.65.